The number of aromatic hydroxyl groups is 1. The summed E-state index contributed by atoms with van der Waals surface area (Å²) in [5, 5.41) is 32.6. The number of aliphatic carboxylic acids is 2. The molecule has 1 aliphatic heterocycles. The van der Waals surface area contributed by atoms with Crippen LogP contribution in [0.2, 0.25) is 0 Å². The molecule has 0 aliphatic carbocycles. The van der Waals surface area contributed by atoms with Gasteiger partial charge in [-0.15, -0.1) is 0 Å². The lowest BCUT2D eigenvalue weighted by Crippen LogP contribution is -2.57. The molecule has 1 aliphatic rings. The number of likely N-dealkylation sites (tertiary alicyclic amines) is 1. The van der Waals surface area contributed by atoms with E-state index in [9.17, 15) is 39.3 Å². The Labute approximate surface area is 212 Å². The van der Waals surface area contributed by atoms with E-state index in [0.717, 1.165) is 5.56 Å². The van der Waals surface area contributed by atoms with Gasteiger partial charge in [-0.3, -0.25) is 19.2 Å². The van der Waals surface area contributed by atoms with Crippen LogP contribution in [0, 0.1) is 0 Å². The number of hydrogen-bond acceptors (Lipinski definition) is 8. The van der Waals surface area contributed by atoms with E-state index < -0.39 is 60.2 Å². The average Bonchev–Trinajstić information content (AvgIpc) is 3.31. The first-order chi connectivity index (χ1) is 17.0. The number of phenolic OH excluding ortho intramolecular Hbond substituents is 1. The molecule has 12 nitrogen and oxygen atoms in total. The number of phenols is 1. The fraction of sp³-hybridized carbons (Fsp3) is 0.522. The molecule has 36 heavy (non-hydrogen) atoms. The Morgan fingerprint density at radius 3 is 2.36 bits per heavy atom. The predicted octanol–water partition coefficient (Wildman–Crippen LogP) is -0.465. The lowest BCUT2D eigenvalue weighted by molar-refractivity contribution is -0.144. The van der Waals surface area contributed by atoms with Crippen LogP contribution >= 0.6 is 11.8 Å². The molecule has 1 aromatic rings. The van der Waals surface area contributed by atoms with Crippen LogP contribution in [0.15, 0.2) is 24.3 Å². The van der Waals surface area contributed by atoms with E-state index in [2.05, 4.69) is 10.6 Å². The summed E-state index contributed by atoms with van der Waals surface area (Å²) >= 11 is 1.39. The smallest absolute Gasteiger partial charge is 0.326 e. The molecule has 4 atom stereocenters. The first-order valence-electron chi connectivity index (χ1n) is 11.4. The molecule has 13 heteroatoms. The van der Waals surface area contributed by atoms with Crippen LogP contribution in [0.3, 0.4) is 0 Å². The van der Waals surface area contributed by atoms with Crippen molar-refractivity contribution in [3.05, 3.63) is 29.8 Å². The number of carbonyl (C=O) groups excluding carboxylic acids is 3. The van der Waals surface area contributed by atoms with Gasteiger partial charge < -0.3 is 36.6 Å². The van der Waals surface area contributed by atoms with Crippen LogP contribution in [0.4, 0.5) is 0 Å². The highest BCUT2D eigenvalue weighted by Crippen LogP contribution is 2.20. The number of carbonyl (C=O) groups is 5. The number of nitrogens with two attached hydrogens (primary N) is 1. The molecule has 1 aromatic carbocycles. The van der Waals surface area contributed by atoms with Gasteiger partial charge in [0.2, 0.25) is 17.7 Å². The Balaban J connectivity index is 2.07. The average molecular weight is 525 g/mol. The minimum Gasteiger partial charge on any atom is -0.508 e. The Morgan fingerprint density at radius 1 is 1.11 bits per heavy atom. The van der Waals surface area contributed by atoms with Crippen molar-refractivity contribution in [2.45, 2.75) is 56.3 Å². The highest BCUT2D eigenvalue weighted by molar-refractivity contribution is 7.98. The molecule has 7 N–H and O–H groups in total. The van der Waals surface area contributed by atoms with Gasteiger partial charge in [0.05, 0.1) is 12.5 Å². The summed E-state index contributed by atoms with van der Waals surface area (Å²) in [5.74, 6) is -4.21. The lowest BCUT2D eigenvalue weighted by Gasteiger charge is -2.28. The molecule has 0 spiro atoms. The Hall–Kier alpha value is -3.32. The number of hydrogen-bond donors (Lipinski definition) is 6. The fourth-order valence-corrected chi connectivity index (χ4v) is 4.38. The number of thioether (sulfide) groups is 1. The summed E-state index contributed by atoms with van der Waals surface area (Å²) in [5.41, 5.74) is 6.81. The molecule has 1 fully saturated rings. The van der Waals surface area contributed by atoms with Crippen molar-refractivity contribution in [2.24, 2.45) is 5.73 Å². The van der Waals surface area contributed by atoms with Crippen molar-refractivity contribution in [1.82, 2.24) is 15.5 Å². The molecule has 1 heterocycles. The molecule has 4 unspecified atom stereocenters. The van der Waals surface area contributed by atoms with Crippen LogP contribution in [0.5, 0.6) is 5.75 Å². The van der Waals surface area contributed by atoms with Crippen molar-refractivity contribution >= 4 is 41.4 Å². The van der Waals surface area contributed by atoms with Crippen molar-refractivity contribution in [1.29, 1.82) is 0 Å². The zero-order valence-corrected chi connectivity index (χ0v) is 20.7. The first-order valence-corrected chi connectivity index (χ1v) is 12.8. The molecule has 0 radical (unpaired) electrons. The van der Waals surface area contributed by atoms with Gasteiger partial charge in [-0.25, -0.2) is 4.79 Å². The largest absolute Gasteiger partial charge is 0.508 e. The standard InChI is InChI=1S/C23H32N4O8S/c1-36-10-8-16(23(34)35)25-20(31)17(12-19(29)30)26-21(32)18-3-2-9-27(18)22(33)15(24)11-13-4-6-14(28)7-5-13/h4-7,15-18,28H,2-3,8-12,24H2,1H3,(H,25,31)(H,26,32)(H,29,30)(H,34,35). The second kappa shape index (κ2) is 13.7. The van der Waals surface area contributed by atoms with Crippen LogP contribution in [-0.4, -0.2) is 92.6 Å². The maximum atomic E-state index is 13.0. The molecule has 1 saturated heterocycles. The van der Waals surface area contributed by atoms with E-state index in [1.54, 1.807) is 18.4 Å². The fourth-order valence-electron chi connectivity index (χ4n) is 3.91. The Morgan fingerprint density at radius 2 is 1.78 bits per heavy atom. The summed E-state index contributed by atoms with van der Waals surface area (Å²) in [7, 11) is 0. The molecule has 0 aromatic heterocycles. The van der Waals surface area contributed by atoms with Gasteiger partial charge in [0.1, 0.15) is 23.9 Å². The molecule has 0 saturated carbocycles. The van der Waals surface area contributed by atoms with Gasteiger partial charge in [0, 0.05) is 6.54 Å². The third kappa shape index (κ3) is 8.41. The number of benzene rings is 1. The maximum absolute atomic E-state index is 13.0. The third-order valence-corrected chi connectivity index (χ3v) is 6.43. The monoisotopic (exact) mass is 524 g/mol. The zero-order chi connectivity index (χ0) is 26.8. The number of carboxylic acids is 2. The van der Waals surface area contributed by atoms with Gasteiger partial charge in [0.15, 0.2) is 0 Å². The quantitative estimate of drug-likeness (QED) is 0.196. The number of nitrogens with one attached hydrogen (secondary N) is 2. The molecule has 198 valence electrons. The van der Waals surface area contributed by atoms with E-state index in [4.69, 9.17) is 5.73 Å². The van der Waals surface area contributed by atoms with E-state index >= 15 is 0 Å². The summed E-state index contributed by atoms with van der Waals surface area (Å²) in [6, 6.07) is 1.57. The number of nitrogens with zero attached hydrogens (tertiary/aromatic N) is 1. The van der Waals surface area contributed by atoms with E-state index in [-0.39, 0.29) is 25.1 Å². The minimum absolute atomic E-state index is 0.0776. The summed E-state index contributed by atoms with van der Waals surface area (Å²) in [6.45, 7) is 0.270. The number of carboxylic acid groups (broad SMARTS) is 2. The third-order valence-electron chi connectivity index (χ3n) is 5.78. The normalized spacial score (nSPS) is 17.6. The van der Waals surface area contributed by atoms with Gasteiger partial charge in [0.25, 0.3) is 0 Å². The maximum Gasteiger partial charge on any atom is 0.326 e. The van der Waals surface area contributed by atoms with E-state index in [1.807, 2.05) is 0 Å². The van der Waals surface area contributed by atoms with E-state index in [0.29, 0.717) is 18.6 Å². The Bertz CT molecular complexity index is 958. The minimum atomic E-state index is -1.52. The Kier molecular flexibility index (Phi) is 11.0. The first kappa shape index (κ1) is 28.9. The topological polar surface area (TPSA) is 199 Å². The predicted molar refractivity (Wildman–Crippen MR) is 131 cm³/mol. The number of rotatable bonds is 13. The van der Waals surface area contributed by atoms with Gasteiger partial charge in [-0.1, -0.05) is 12.1 Å². The van der Waals surface area contributed by atoms with Crippen molar-refractivity contribution in [3.8, 4) is 5.75 Å². The van der Waals surface area contributed by atoms with Gasteiger partial charge in [-0.05, 0) is 55.4 Å². The zero-order valence-electron chi connectivity index (χ0n) is 19.9. The molecule has 2 rings (SSSR count). The summed E-state index contributed by atoms with van der Waals surface area (Å²) in [6.07, 6.45) is 2.14. The van der Waals surface area contributed by atoms with Crippen LogP contribution in [0.25, 0.3) is 0 Å². The van der Waals surface area contributed by atoms with Gasteiger partial charge in [-0.2, -0.15) is 11.8 Å². The second-order valence-electron chi connectivity index (χ2n) is 8.51. The molecule has 3 amide bonds. The molecule has 0 bridgehead atoms. The van der Waals surface area contributed by atoms with Crippen molar-refractivity contribution < 1.29 is 39.3 Å². The lowest BCUT2D eigenvalue weighted by atomic mass is 10.0. The highest BCUT2D eigenvalue weighted by atomic mass is 32.2. The van der Waals surface area contributed by atoms with Crippen LogP contribution in [0.1, 0.15) is 31.2 Å². The SMILES string of the molecule is CSCCC(NC(=O)C(CC(=O)O)NC(=O)C1CCCN1C(=O)C(N)Cc1ccc(O)cc1)C(=O)O. The van der Waals surface area contributed by atoms with Crippen LogP contribution < -0.4 is 16.4 Å². The van der Waals surface area contributed by atoms with E-state index in [1.165, 1.54) is 28.8 Å². The number of amides is 3. The summed E-state index contributed by atoms with van der Waals surface area (Å²) < 4.78 is 0. The summed E-state index contributed by atoms with van der Waals surface area (Å²) in [4.78, 5) is 62.7. The van der Waals surface area contributed by atoms with Crippen LogP contribution in [-0.2, 0) is 30.4 Å². The van der Waals surface area contributed by atoms with Gasteiger partial charge >= 0.3 is 11.9 Å². The molecular weight excluding hydrogens is 492 g/mol. The molecular formula is C23H32N4O8S. The van der Waals surface area contributed by atoms with Crippen molar-refractivity contribution in [3.63, 3.8) is 0 Å². The second-order valence-corrected chi connectivity index (χ2v) is 9.49. The van der Waals surface area contributed by atoms with Crippen molar-refractivity contribution in [2.75, 3.05) is 18.6 Å². The highest BCUT2D eigenvalue weighted by Gasteiger charge is 2.38.